The van der Waals surface area contributed by atoms with E-state index in [1.807, 2.05) is 19.1 Å². The van der Waals surface area contributed by atoms with Gasteiger partial charge in [-0.25, -0.2) is 0 Å². The van der Waals surface area contributed by atoms with Gasteiger partial charge in [-0.2, -0.15) is 4.98 Å². The number of rotatable bonds is 5. The highest BCUT2D eigenvalue weighted by Crippen LogP contribution is 2.17. The molecule has 0 atom stereocenters. The summed E-state index contributed by atoms with van der Waals surface area (Å²) in [5, 5.41) is 1.05. The van der Waals surface area contributed by atoms with Gasteiger partial charge < -0.3 is 9.64 Å². The van der Waals surface area contributed by atoms with Crippen LogP contribution in [0.1, 0.15) is 6.92 Å². The molecule has 0 N–H and O–H groups in total. The number of nitrogens with zero attached hydrogens (tertiary/aromatic N) is 3. The molecule has 18 heavy (non-hydrogen) atoms. The Hall–Kier alpha value is -0.810. The first-order chi connectivity index (χ1) is 8.83. The van der Waals surface area contributed by atoms with Crippen LogP contribution in [0.3, 0.4) is 0 Å². The lowest BCUT2D eigenvalue weighted by Crippen LogP contribution is -2.47. The molecule has 1 saturated heterocycles. The maximum absolute atomic E-state index is 5.44. The molecule has 0 spiro atoms. The summed E-state index contributed by atoms with van der Waals surface area (Å²) in [6.07, 6.45) is 0. The summed E-state index contributed by atoms with van der Waals surface area (Å²) in [5.74, 6) is 1.75. The van der Waals surface area contributed by atoms with Gasteiger partial charge in [0.05, 0.1) is 6.61 Å². The Morgan fingerprint density at radius 1 is 1.28 bits per heavy atom. The van der Waals surface area contributed by atoms with Gasteiger partial charge in [0.25, 0.3) is 0 Å². The second kappa shape index (κ2) is 6.95. The van der Waals surface area contributed by atoms with Gasteiger partial charge in [0.1, 0.15) is 5.82 Å². The summed E-state index contributed by atoms with van der Waals surface area (Å²) in [7, 11) is 0. The van der Waals surface area contributed by atoms with E-state index in [0.717, 1.165) is 49.8 Å². The molecule has 4 nitrogen and oxygen atoms in total. The Morgan fingerprint density at radius 2 is 2.06 bits per heavy atom. The average molecular weight is 314 g/mol. The van der Waals surface area contributed by atoms with Crippen LogP contribution in [0, 0.1) is 0 Å². The van der Waals surface area contributed by atoms with Crippen molar-refractivity contribution in [3.05, 3.63) is 18.2 Å². The Bertz CT molecular complexity index is 367. The second-order valence-electron chi connectivity index (χ2n) is 4.28. The van der Waals surface area contributed by atoms with E-state index in [2.05, 4.69) is 36.8 Å². The first-order valence-corrected chi connectivity index (χ1v) is 7.58. The number of anilines is 1. The summed E-state index contributed by atoms with van der Waals surface area (Å²) in [6, 6.07) is 5.98. The van der Waals surface area contributed by atoms with Crippen molar-refractivity contribution in [2.45, 2.75) is 6.92 Å². The monoisotopic (exact) mass is 313 g/mol. The number of hydrogen-bond donors (Lipinski definition) is 0. The molecule has 5 heteroatoms. The van der Waals surface area contributed by atoms with Crippen LogP contribution in [-0.2, 0) is 0 Å². The van der Waals surface area contributed by atoms with Crippen LogP contribution in [0.2, 0.25) is 0 Å². The number of alkyl halides is 1. The van der Waals surface area contributed by atoms with Crippen molar-refractivity contribution in [3.8, 4) is 5.88 Å². The minimum absolute atomic E-state index is 0.662. The SMILES string of the molecule is CCOc1cccc(N2CCN(CCBr)CC2)n1. The summed E-state index contributed by atoms with van der Waals surface area (Å²) in [6.45, 7) is 8.05. The number of halogens is 1. The summed E-state index contributed by atoms with van der Waals surface area (Å²) in [5.41, 5.74) is 0. The number of hydrogen-bond acceptors (Lipinski definition) is 4. The van der Waals surface area contributed by atoms with Crippen molar-refractivity contribution in [1.29, 1.82) is 0 Å². The second-order valence-corrected chi connectivity index (χ2v) is 5.08. The van der Waals surface area contributed by atoms with E-state index < -0.39 is 0 Å². The van der Waals surface area contributed by atoms with E-state index in [9.17, 15) is 0 Å². The first-order valence-electron chi connectivity index (χ1n) is 6.46. The fourth-order valence-corrected chi connectivity index (χ4v) is 2.63. The molecule has 1 aromatic rings. The Labute approximate surface area is 117 Å². The molecule has 0 amide bonds. The molecule has 0 aromatic carbocycles. The van der Waals surface area contributed by atoms with Crippen molar-refractivity contribution in [2.75, 3.05) is 49.6 Å². The highest BCUT2D eigenvalue weighted by Gasteiger charge is 2.17. The van der Waals surface area contributed by atoms with Crippen LogP contribution in [-0.4, -0.2) is 54.5 Å². The topological polar surface area (TPSA) is 28.6 Å². The van der Waals surface area contributed by atoms with Gasteiger partial charge in [-0.1, -0.05) is 22.0 Å². The third kappa shape index (κ3) is 3.59. The molecule has 100 valence electrons. The minimum atomic E-state index is 0.662. The third-order valence-electron chi connectivity index (χ3n) is 3.10. The van der Waals surface area contributed by atoms with Crippen LogP contribution in [0.15, 0.2) is 18.2 Å². The zero-order chi connectivity index (χ0) is 12.8. The van der Waals surface area contributed by atoms with Crippen LogP contribution < -0.4 is 9.64 Å². The average Bonchev–Trinajstić information content (AvgIpc) is 2.41. The molecule has 2 heterocycles. The third-order valence-corrected chi connectivity index (χ3v) is 3.45. The Kier molecular flexibility index (Phi) is 5.26. The number of ether oxygens (including phenoxy) is 1. The van der Waals surface area contributed by atoms with Crippen molar-refractivity contribution >= 4 is 21.7 Å². The first kappa shape index (κ1) is 13.6. The highest BCUT2D eigenvalue weighted by molar-refractivity contribution is 9.09. The summed E-state index contributed by atoms with van der Waals surface area (Å²) < 4.78 is 5.44. The fourth-order valence-electron chi connectivity index (χ4n) is 2.13. The standard InChI is InChI=1S/C13H20BrN3O/c1-2-18-13-5-3-4-12(15-13)17-10-8-16(7-6-14)9-11-17/h3-5H,2,6-11H2,1H3. The normalized spacial score (nSPS) is 16.9. The van der Waals surface area contributed by atoms with Crippen molar-refractivity contribution in [2.24, 2.45) is 0 Å². The predicted molar refractivity (Wildman–Crippen MR) is 77.9 cm³/mol. The van der Waals surface area contributed by atoms with E-state index in [1.165, 1.54) is 0 Å². The molecule has 1 aliphatic rings. The van der Waals surface area contributed by atoms with Crippen molar-refractivity contribution in [3.63, 3.8) is 0 Å². The van der Waals surface area contributed by atoms with Crippen LogP contribution in [0.5, 0.6) is 5.88 Å². The minimum Gasteiger partial charge on any atom is -0.478 e. The van der Waals surface area contributed by atoms with Crippen LogP contribution >= 0.6 is 15.9 Å². The fraction of sp³-hybridized carbons (Fsp3) is 0.615. The number of aromatic nitrogens is 1. The lowest BCUT2D eigenvalue weighted by atomic mass is 10.3. The molecule has 0 radical (unpaired) electrons. The number of piperazine rings is 1. The summed E-state index contributed by atoms with van der Waals surface area (Å²) in [4.78, 5) is 9.33. The maximum atomic E-state index is 5.44. The molecule has 2 rings (SSSR count). The van der Waals surface area contributed by atoms with E-state index in [-0.39, 0.29) is 0 Å². The largest absolute Gasteiger partial charge is 0.478 e. The molecular weight excluding hydrogens is 294 g/mol. The lowest BCUT2D eigenvalue weighted by molar-refractivity contribution is 0.272. The van der Waals surface area contributed by atoms with Gasteiger partial charge in [0, 0.05) is 44.1 Å². The van der Waals surface area contributed by atoms with Gasteiger partial charge >= 0.3 is 0 Å². The molecule has 1 aliphatic heterocycles. The Balaban J connectivity index is 1.94. The van der Waals surface area contributed by atoms with Crippen LogP contribution in [0.25, 0.3) is 0 Å². The molecule has 0 unspecified atom stereocenters. The van der Waals surface area contributed by atoms with E-state index in [1.54, 1.807) is 0 Å². The Morgan fingerprint density at radius 3 is 2.72 bits per heavy atom. The maximum Gasteiger partial charge on any atom is 0.215 e. The van der Waals surface area contributed by atoms with E-state index in [4.69, 9.17) is 4.74 Å². The van der Waals surface area contributed by atoms with Gasteiger partial charge in [0.2, 0.25) is 5.88 Å². The predicted octanol–water partition coefficient (Wildman–Crippen LogP) is 2.00. The number of pyridine rings is 1. The van der Waals surface area contributed by atoms with Gasteiger partial charge in [-0.05, 0) is 13.0 Å². The van der Waals surface area contributed by atoms with Gasteiger partial charge in [0.15, 0.2) is 0 Å². The molecular formula is C13H20BrN3O. The molecule has 0 saturated carbocycles. The van der Waals surface area contributed by atoms with Crippen LogP contribution in [0.4, 0.5) is 5.82 Å². The zero-order valence-corrected chi connectivity index (χ0v) is 12.4. The van der Waals surface area contributed by atoms with Gasteiger partial charge in [-0.3, -0.25) is 4.90 Å². The molecule has 0 aliphatic carbocycles. The molecule has 1 fully saturated rings. The van der Waals surface area contributed by atoms with E-state index >= 15 is 0 Å². The van der Waals surface area contributed by atoms with Crippen molar-refractivity contribution < 1.29 is 4.74 Å². The highest BCUT2D eigenvalue weighted by atomic mass is 79.9. The molecule has 0 bridgehead atoms. The van der Waals surface area contributed by atoms with Crippen molar-refractivity contribution in [1.82, 2.24) is 9.88 Å². The summed E-state index contributed by atoms with van der Waals surface area (Å²) >= 11 is 3.49. The smallest absolute Gasteiger partial charge is 0.215 e. The quantitative estimate of drug-likeness (QED) is 0.777. The van der Waals surface area contributed by atoms with Gasteiger partial charge in [-0.15, -0.1) is 0 Å². The lowest BCUT2D eigenvalue weighted by Gasteiger charge is -2.35. The van der Waals surface area contributed by atoms with E-state index in [0.29, 0.717) is 6.61 Å². The zero-order valence-electron chi connectivity index (χ0n) is 10.8. The molecule has 1 aromatic heterocycles.